The van der Waals surface area contributed by atoms with Crippen LogP contribution in [0.1, 0.15) is 6.92 Å². The van der Waals surface area contributed by atoms with Crippen LogP contribution < -0.4 is 0 Å². The molecule has 0 rings (SSSR count). The second kappa shape index (κ2) is 4.59. The van der Waals surface area contributed by atoms with E-state index >= 15 is 0 Å². The Kier molecular flexibility index (Phi) is 4.26. The van der Waals surface area contributed by atoms with E-state index in [1.807, 2.05) is 0 Å². The van der Waals surface area contributed by atoms with Crippen LogP contribution in [0.25, 0.3) is 0 Å². The molecule has 3 nitrogen and oxygen atoms in total. The van der Waals surface area contributed by atoms with Gasteiger partial charge in [0.25, 0.3) is 0 Å². The van der Waals surface area contributed by atoms with E-state index in [0.29, 0.717) is 6.61 Å². The van der Waals surface area contributed by atoms with E-state index in [1.165, 1.54) is 0 Å². The van der Waals surface area contributed by atoms with Gasteiger partial charge in [-0.05, 0) is 6.92 Å². The van der Waals surface area contributed by atoms with E-state index in [-0.39, 0.29) is 0 Å². The molecule has 0 aliphatic heterocycles. The van der Waals surface area contributed by atoms with Crippen LogP contribution in [0.2, 0.25) is 0 Å². The molecule has 0 aromatic rings. The fourth-order valence-corrected chi connectivity index (χ4v) is 0.299. The number of halogens is 1. The number of esters is 1. The van der Waals surface area contributed by atoms with Crippen molar-refractivity contribution in [3.05, 3.63) is 0 Å². The molecule has 0 saturated heterocycles. The maximum absolute atomic E-state index is 10.2. The zero-order valence-corrected chi connectivity index (χ0v) is 5.18. The van der Waals surface area contributed by atoms with Gasteiger partial charge in [-0.2, -0.15) is 4.51 Å². The summed E-state index contributed by atoms with van der Waals surface area (Å²) in [5.74, 6) is -0.512. The normalized spacial score (nSPS) is 9.75. The Labute approximate surface area is 52.4 Å². The fraction of sp³-hybridized carbons (Fsp3) is 0.500. The van der Waals surface area contributed by atoms with Crippen LogP contribution in [0.5, 0.6) is 0 Å². The highest BCUT2D eigenvalue weighted by molar-refractivity contribution is 6.30. The topological polar surface area (TPSA) is 38.7 Å². The van der Waals surface area contributed by atoms with Crippen molar-refractivity contribution >= 4 is 24.0 Å². The highest BCUT2D eigenvalue weighted by Crippen LogP contribution is 1.75. The third kappa shape index (κ3) is 3.61. The summed E-state index contributed by atoms with van der Waals surface area (Å²) in [6, 6.07) is 0. The zero-order valence-electron chi connectivity index (χ0n) is 4.43. The van der Waals surface area contributed by atoms with Crippen LogP contribution >= 0.6 is 11.8 Å². The van der Waals surface area contributed by atoms with Gasteiger partial charge >= 0.3 is 5.97 Å². The Balaban J connectivity index is 3.33. The average Bonchev–Trinajstić information content (AvgIpc) is 1.68. The predicted octanol–water partition coefficient (Wildman–Crippen LogP) is 0.774. The van der Waals surface area contributed by atoms with Crippen molar-refractivity contribution < 1.29 is 9.53 Å². The lowest BCUT2D eigenvalue weighted by atomic mass is 10.7. The molecular weight excluding hydrogens is 130 g/mol. The van der Waals surface area contributed by atoms with Crippen molar-refractivity contribution in [2.24, 2.45) is 4.51 Å². The van der Waals surface area contributed by atoms with Gasteiger partial charge in [-0.25, -0.2) is 4.79 Å². The highest BCUT2D eigenvalue weighted by atomic mass is 35.5. The van der Waals surface area contributed by atoms with Gasteiger partial charge in [0.05, 0.1) is 6.61 Å². The van der Waals surface area contributed by atoms with Gasteiger partial charge in [-0.3, -0.25) is 0 Å². The van der Waals surface area contributed by atoms with Crippen LogP contribution in [0.15, 0.2) is 4.51 Å². The molecule has 0 aromatic heterocycles. The Morgan fingerprint density at radius 1 is 2.00 bits per heavy atom. The first-order valence-corrected chi connectivity index (χ1v) is 2.46. The van der Waals surface area contributed by atoms with E-state index in [2.05, 4.69) is 9.25 Å². The number of ether oxygens (including phenoxy) is 1. The minimum atomic E-state index is -0.512. The molecule has 0 saturated carbocycles. The van der Waals surface area contributed by atoms with Crippen LogP contribution in [-0.2, 0) is 9.53 Å². The minimum absolute atomic E-state index is 0.349. The largest absolute Gasteiger partial charge is 0.462 e. The average molecular weight is 136 g/mol. The fourth-order valence-electron chi connectivity index (χ4n) is 0.219. The summed E-state index contributed by atoms with van der Waals surface area (Å²) in [6.07, 6.45) is 0.908. The molecule has 0 heterocycles. The molecular formula is C4H6ClNO2. The lowest BCUT2D eigenvalue weighted by Crippen LogP contribution is -2.03. The highest BCUT2D eigenvalue weighted by Gasteiger charge is 1.90. The maximum Gasteiger partial charge on any atom is 0.350 e. The molecule has 8 heavy (non-hydrogen) atoms. The molecule has 0 bridgehead atoms. The van der Waals surface area contributed by atoms with E-state index in [9.17, 15) is 4.79 Å². The van der Waals surface area contributed by atoms with Gasteiger partial charge in [-0.1, -0.05) is 0 Å². The van der Waals surface area contributed by atoms with E-state index in [0.717, 1.165) is 6.21 Å². The van der Waals surface area contributed by atoms with Gasteiger partial charge < -0.3 is 4.74 Å². The summed E-state index contributed by atoms with van der Waals surface area (Å²) in [6.45, 7) is 2.06. The van der Waals surface area contributed by atoms with Crippen molar-refractivity contribution in [1.82, 2.24) is 0 Å². The molecule has 0 N–H and O–H groups in total. The third-order valence-electron chi connectivity index (χ3n) is 0.441. The second-order valence-electron chi connectivity index (χ2n) is 0.979. The standard InChI is InChI=1S/C4H6ClNO2/c1-2-8-4(7)3-6-5/h3H,2H2,1H3/b6-3+. The molecule has 4 heteroatoms. The second-order valence-corrected chi connectivity index (χ2v) is 1.17. The molecule has 0 atom stereocenters. The number of hydrogen-bond donors (Lipinski definition) is 0. The number of hydrogen-bond acceptors (Lipinski definition) is 3. The summed E-state index contributed by atoms with van der Waals surface area (Å²) in [5, 5.41) is 0. The van der Waals surface area contributed by atoms with Gasteiger partial charge in [-0.15, -0.1) is 0 Å². The summed E-state index contributed by atoms with van der Waals surface area (Å²) in [7, 11) is 0. The van der Waals surface area contributed by atoms with Gasteiger partial charge in [0.15, 0.2) is 0 Å². The van der Waals surface area contributed by atoms with E-state index in [1.54, 1.807) is 6.92 Å². The first kappa shape index (κ1) is 7.43. The predicted molar refractivity (Wildman–Crippen MR) is 31.0 cm³/mol. The third-order valence-corrected chi connectivity index (χ3v) is 0.538. The van der Waals surface area contributed by atoms with Crippen LogP contribution in [0.3, 0.4) is 0 Å². The molecule has 0 fully saturated rings. The lowest BCUT2D eigenvalue weighted by Gasteiger charge is -1.90. The van der Waals surface area contributed by atoms with Crippen molar-refractivity contribution in [3.8, 4) is 0 Å². The summed E-state index contributed by atoms with van der Waals surface area (Å²) < 4.78 is 7.34. The summed E-state index contributed by atoms with van der Waals surface area (Å²) >= 11 is 4.80. The lowest BCUT2D eigenvalue weighted by molar-refractivity contribution is -0.134. The Bertz CT molecular complexity index is 102. The Morgan fingerprint density at radius 3 is 3.00 bits per heavy atom. The first-order valence-electron chi connectivity index (χ1n) is 2.12. The van der Waals surface area contributed by atoms with Crippen LogP contribution in [-0.4, -0.2) is 18.8 Å². The first-order chi connectivity index (χ1) is 3.81. The quantitative estimate of drug-likeness (QED) is 0.415. The van der Waals surface area contributed by atoms with E-state index < -0.39 is 5.97 Å². The van der Waals surface area contributed by atoms with Gasteiger partial charge in [0.2, 0.25) is 0 Å². The van der Waals surface area contributed by atoms with Crippen molar-refractivity contribution in [1.29, 1.82) is 0 Å². The molecule has 46 valence electrons. The Morgan fingerprint density at radius 2 is 2.62 bits per heavy atom. The monoisotopic (exact) mass is 135 g/mol. The summed E-state index contributed by atoms with van der Waals surface area (Å²) in [4.78, 5) is 10.2. The molecule has 0 amide bonds. The minimum Gasteiger partial charge on any atom is -0.462 e. The maximum atomic E-state index is 10.2. The van der Waals surface area contributed by atoms with Crippen LogP contribution in [0.4, 0.5) is 0 Å². The Hall–Kier alpha value is -0.570. The zero-order chi connectivity index (χ0) is 6.41. The molecule has 0 aromatic carbocycles. The number of rotatable bonds is 2. The number of nitrogens with zero attached hydrogens (tertiary/aromatic N) is 1. The number of carbonyl (C=O) groups excluding carboxylic acids is 1. The number of carbonyl (C=O) groups is 1. The van der Waals surface area contributed by atoms with Crippen LogP contribution in [0, 0.1) is 0 Å². The van der Waals surface area contributed by atoms with Gasteiger partial charge in [0, 0.05) is 11.8 Å². The van der Waals surface area contributed by atoms with E-state index in [4.69, 9.17) is 11.8 Å². The molecule has 0 aliphatic rings. The van der Waals surface area contributed by atoms with Crippen molar-refractivity contribution in [2.45, 2.75) is 6.92 Å². The van der Waals surface area contributed by atoms with Gasteiger partial charge in [0.1, 0.15) is 6.21 Å². The van der Waals surface area contributed by atoms with Crippen molar-refractivity contribution in [3.63, 3.8) is 0 Å². The summed E-state index contributed by atoms with van der Waals surface area (Å²) in [5.41, 5.74) is 0. The SMILES string of the molecule is CCOC(=O)/C=N/Cl. The molecule has 0 spiro atoms. The molecule has 0 aliphatic carbocycles. The molecule has 0 unspecified atom stereocenters. The van der Waals surface area contributed by atoms with Crippen molar-refractivity contribution in [2.75, 3.05) is 6.61 Å². The smallest absolute Gasteiger partial charge is 0.350 e. The molecule has 0 radical (unpaired) electrons.